The van der Waals surface area contributed by atoms with E-state index in [0.29, 0.717) is 10.6 Å². The number of benzene rings is 1. The molecule has 0 spiro atoms. The van der Waals surface area contributed by atoms with Gasteiger partial charge in [0.15, 0.2) is 4.96 Å². The summed E-state index contributed by atoms with van der Waals surface area (Å²) in [4.78, 5) is 27.7. The molecule has 8 heteroatoms. The Kier molecular flexibility index (Phi) is 4.42. The van der Waals surface area contributed by atoms with Crippen molar-refractivity contribution in [2.75, 3.05) is 5.32 Å². The van der Waals surface area contributed by atoms with Crippen LogP contribution in [0.1, 0.15) is 15.4 Å². The van der Waals surface area contributed by atoms with Gasteiger partial charge in [-0.3, -0.25) is 14.2 Å². The number of amides is 1. The number of anilines is 1. The highest BCUT2D eigenvalue weighted by Gasteiger charge is 2.17. The molecule has 1 amide bonds. The van der Waals surface area contributed by atoms with E-state index in [1.165, 1.54) is 11.3 Å². The third-order valence-corrected chi connectivity index (χ3v) is 6.37. The van der Waals surface area contributed by atoms with Crippen LogP contribution in [0, 0.1) is 6.92 Å². The highest BCUT2D eigenvalue weighted by atomic mass is 32.1. The van der Waals surface area contributed by atoms with Crippen LogP contribution in [0.3, 0.4) is 0 Å². The van der Waals surface area contributed by atoms with Crippen molar-refractivity contribution >= 4 is 39.2 Å². The Balaban J connectivity index is 1.34. The number of hydrogen-bond acceptors (Lipinski definition) is 6. The van der Waals surface area contributed by atoms with E-state index in [0.717, 1.165) is 32.6 Å². The van der Waals surface area contributed by atoms with Gasteiger partial charge in [0.1, 0.15) is 9.88 Å². The zero-order valence-electron chi connectivity index (χ0n) is 15.4. The van der Waals surface area contributed by atoms with Gasteiger partial charge in [-0.1, -0.05) is 18.2 Å². The fourth-order valence-corrected chi connectivity index (χ4v) is 4.62. The molecule has 5 rings (SSSR count). The van der Waals surface area contributed by atoms with Gasteiger partial charge >= 0.3 is 0 Å². The Morgan fingerprint density at radius 2 is 1.93 bits per heavy atom. The van der Waals surface area contributed by atoms with Crippen LogP contribution in [0.15, 0.2) is 66.4 Å². The molecule has 0 bridgehead atoms. The molecule has 0 saturated heterocycles. The maximum absolute atomic E-state index is 12.7. The van der Waals surface area contributed by atoms with Gasteiger partial charge in [-0.2, -0.15) is 0 Å². The number of rotatable bonds is 4. The van der Waals surface area contributed by atoms with Crippen LogP contribution in [0.25, 0.3) is 26.9 Å². The van der Waals surface area contributed by atoms with Crippen LogP contribution < -0.4 is 5.32 Å². The number of aryl methyl sites for hydroxylation is 1. The van der Waals surface area contributed by atoms with E-state index in [-0.39, 0.29) is 5.91 Å². The van der Waals surface area contributed by atoms with Gasteiger partial charge < -0.3 is 5.32 Å². The second-order valence-corrected chi connectivity index (χ2v) is 8.27. The Morgan fingerprint density at radius 1 is 1.07 bits per heavy atom. The van der Waals surface area contributed by atoms with Crippen molar-refractivity contribution in [3.8, 4) is 22.0 Å². The summed E-state index contributed by atoms with van der Waals surface area (Å²) in [5.74, 6) is -0.169. The highest BCUT2D eigenvalue weighted by molar-refractivity contribution is 7.17. The van der Waals surface area contributed by atoms with E-state index in [2.05, 4.69) is 20.3 Å². The van der Waals surface area contributed by atoms with E-state index >= 15 is 0 Å². The normalized spacial score (nSPS) is 11.1. The maximum Gasteiger partial charge on any atom is 0.267 e. The lowest BCUT2D eigenvalue weighted by Gasteiger charge is -2.05. The maximum atomic E-state index is 12.7. The van der Waals surface area contributed by atoms with E-state index in [1.54, 1.807) is 17.5 Å². The number of imidazole rings is 1. The minimum Gasteiger partial charge on any atom is -0.321 e. The molecular weight excluding hydrogens is 402 g/mol. The molecule has 0 aliphatic heterocycles. The molecule has 0 fully saturated rings. The van der Waals surface area contributed by atoms with Crippen LogP contribution in [0.4, 0.5) is 5.69 Å². The Bertz CT molecular complexity index is 1270. The van der Waals surface area contributed by atoms with Crippen molar-refractivity contribution in [1.29, 1.82) is 0 Å². The zero-order chi connectivity index (χ0) is 19.8. The minimum atomic E-state index is -0.169. The Hall–Kier alpha value is -3.36. The second kappa shape index (κ2) is 7.23. The molecule has 0 unspecified atom stereocenters. The number of nitrogens with one attached hydrogen (secondary N) is 1. The van der Waals surface area contributed by atoms with Crippen LogP contribution >= 0.6 is 22.7 Å². The summed E-state index contributed by atoms with van der Waals surface area (Å²) < 4.78 is 2.00. The summed E-state index contributed by atoms with van der Waals surface area (Å²) in [6.45, 7) is 1.84. The van der Waals surface area contributed by atoms with Crippen molar-refractivity contribution in [3.05, 3.63) is 77.0 Å². The number of aromatic nitrogens is 4. The molecule has 5 aromatic rings. The smallest absolute Gasteiger partial charge is 0.267 e. The summed E-state index contributed by atoms with van der Waals surface area (Å²) >= 11 is 2.95. The van der Waals surface area contributed by atoms with Gasteiger partial charge in [0.05, 0.1) is 17.1 Å². The van der Waals surface area contributed by atoms with E-state index in [9.17, 15) is 4.79 Å². The van der Waals surface area contributed by atoms with Crippen LogP contribution in [0.5, 0.6) is 0 Å². The number of hydrogen-bond donors (Lipinski definition) is 1. The largest absolute Gasteiger partial charge is 0.321 e. The fraction of sp³-hybridized carbons (Fsp3) is 0.0476. The first-order chi connectivity index (χ1) is 14.2. The predicted molar refractivity (Wildman–Crippen MR) is 117 cm³/mol. The molecule has 142 valence electrons. The highest BCUT2D eigenvalue weighted by Crippen LogP contribution is 2.28. The summed E-state index contributed by atoms with van der Waals surface area (Å²) in [5.41, 5.74) is 4.11. The van der Waals surface area contributed by atoms with Gasteiger partial charge in [-0.25, -0.2) is 9.97 Å². The molecule has 0 radical (unpaired) electrons. The molecule has 1 N–H and O–H groups in total. The monoisotopic (exact) mass is 417 g/mol. The average Bonchev–Trinajstić information content (AvgIpc) is 3.44. The molecule has 6 nitrogen and oxygen atoms in total. The number of carbonyl (C=O) groups excluding carboxylic acids is 1. The van der Waals surface area contributed by atoms with Gasteiger partial charge in [0.25, 0.3) is 5.91 Å². The number of pyridine rings is 1. The Morgan fingerprint density at radius 3 is 2.69 bits per heavy atom. The van der Waals surface area contributed by atoms with Crippen molar-refractivity contribution in [3.63, 3.8) is 0 Å². The SMILES string of the molecule is Cc1nc(-c2ccccn2)sc1C(=O)Nc1ccc(-c2cn3ccsc3n2)cc1. The number of nitrogens with zero attached hydrogens (tertiary/aromatic N) is 4. The lowest BCUT2D eigenvalue weighted by atomic mass is 10.1. The minimum absolute atomic E-state index is 0.169. The first kappa shape index (κ1) is 17.7. The van der Waals surface area contributed by atoms with Crippen molar-refractivity contribution < 1.29 is 4.79 Å². The summed E-state index contributed by atoms with van der Waals surface area (Å²) in [6, 6.07) is 13.3. The van der Waals surface area contributed by atoms with E-state index < -0.39 is 0 Å². The molecule has 1 aromatic carbocycles. The number of thiazole rings is 2. The summed E-state index contributed by atoms with van der Waals surface area (Å²) in [5, 5.41) is 5.70. The quantitative estimate of drug-likeness (QED) is 0.439. The van der Waals surface area contributed by atoms with Crippen molar-refractivity contribution in [2.45, 2.75) is 6.92 Å². The van der Waals surface area contributed by atoms with Gasteiger partial charge in [0, 0.05) is 35.2 Å². The van der Waals surface area contributed by atoms with E-state index in [4.69, 9.17) is 0 Å². The first-order valence-corrected chi connectivity index (χ1v) is 10.6. The number of fused-ring (bicyclic) bond motifs is 1. The zero-order valence-corrected chi connectivity index (χ0v) is 17.0. The van der Waals surface area contributed by atoms with E-state index in [1.807, 2.05) is 71.6 Å². The second-order valence-electron chi connectivity index (χ2n) is 6.40. The standard InChI is InChI=1S/C21H15N5OS2/c1-13-18(29-20(23-13)16-4-2-3-9-22-16)19(27)24-15-7-5-14(6-8-15)17-12-26-10-11-28-21(26)25-17/h2-12H,1H3,(H,24,27). The molecule has 0 aliphatic rings. The number of carbonyl (C=O) groups is 1. The Labute approximate surface area is 174 Å². The first-order valence-electron chi connectivity index (χ1n) is 8.90. The van der Waals surface area contributed by atoms with Crippen molar-refractivity contribution in [2.24, 2.45) is 0 Å². The molecule has 4 heterocycles. The fourth-order valence-electron chi connectivity index (χ4n) is 2.98. The van der Waals surface area contributed by atoms with Crippen LogP contribution in [-0.2, 0) is 0 Å². The van der Waals surface area contributed by atoms with Crippen LogP contribution in [-0.4, -0.2) is 25.3 Å². The average molecular weight is 418 g/mol. The lowest BCUT2D eigenvalue weighted by Crippen LogP contribution is -2.11. The lowest BCUT2D eigenvalue weighted by molar-refractivity contribution is 0.103. The molecule has 0 aliphatic carbocycles. The molecule has 0 atom stereocenters. The molecule has 0 saturated carbocycles. The topological polar surface area (TPSA) is 72.2 Å². The third-order valence-electron chi connectivity index (χ3n) is 4.42. The van der Waals surface area contributed by atoms with Gasteiger partial charge in [-0.05, 0) is 31.2 Å². The summed E-state index contributed by atoms with van der Waals surface area (Å²) in [7, 11) is 0. The predicted octanol–water partition coefficient (Wildman–Crippen LogP) is 5.14. The molecule has 4 aromatic heterocycles. The van der Waals surface area contributed by atoms with Crippen LogP contribution in [0.2, 0.25) is 0 Å². The summed E-state index contributed by atoms with van der Waals surface area (Å²) in [6.07, 6.45) is 5.71. The third kappa shape index (κ3) is 3.43. The molecule has 29 heavy (non-hydrogen) atoms. The van der Waals surface area contributed by atoms with Crippen molar-refractivity contribution in [1.82, 2.24) is 19.4 Å². The molecular formula is C21H15N5OS2. The van der Waals surface area contributed by atoms with Gasteiger partial charge in [-0.15, -0.1) is 22.7 Å². The van der Waals surface area contributed by atoms with Gasteiger partial charge in [0.2, 0.25) is 0 Å².